The molecule has 3 nitrogen and oxygen atoms in total. The summed E-state index contributed by atoms with van der Waals surface area (Å²) >= 11 is 5.80. The largest absolute Gasteiger partial charge is 0.350 e. The quantitative estimate of drug-likeness (QED) is 0.942. The van der Waals surface area contributed by atoms with E-state index < -0.39 is 23.4 Å². The average molecular weight is 315 g/mol. The fraction of sp³-hybridized carbons (Fsp3) is 0.143. The smallest absolute Gasteiger partial charge is 0.271 e. The number of halogens is 4. The third-order valence-electron chi connectivity index (χ3n) is 2.74. The summed E-state index contributed by atoms with van der Waals surface area (Å²) in [5, 5.41) is 2.62. The standard InChI is InChI=1S/C14H10ClF3N2O/c15-10-2-1-4-19-13(10)14(21)20-5-3-9-11(17)6-8(16)7-12(9)18/h1-2,4,6-7H,3,5H2,(H,20,21). The zero-order valence-electron chi connectivity index (χ0n) is 10.7. The maximum absolute atomic E-state index is 13.4. The van der Waals surface area contributed by atoms with E-state index in [2.05, 4.69) is 10.3 Å². The van der Waals surface area contributed by atoms with E-state index in [1.807, 2.05) is 0 Å². The molecule has 21 heavy (non-hydrogen) atoms. The maximum atomic E-state index is 13.4. The van der Waals surface area contributed by atoms with Crippen LogP contribution in [-0.2, 0) is 6.42 Å². The molecule has 0 atom stereocenters. The molecule has 0 saturated heterocycles. The van der Waals surface area contributed by atoms with Crippen LogP contribution in [0.3, 0.4) is 0 Å². The van der Waals surface area contributed by atoms with Gasteiger partial charge in [0.1, 0.15) is 23.1 Å². The minimum absolute atomic E-state index is 0.0271. The summed E-state index contributed by atoms with van der Waals surface area (Å²) in [5.41, 5.74) is -0.261. The fourth-order valence-electron chi connectivity index (χ4n) is 1.75. The minimum Gasteiger partial charge on any atom is -0.350 e. The molecule has 0 radical (unpaired) electrons. The number of carbonyl (C=O) groups excluding carboxylic acids is 1. The van der Waals surface area contributed by atoms with Crippen LogP contribution >= 0.6 is 11.6 Å². The SMILES string of the molecule is O=C(NCCc1c(F)cc(F)cc1F)c1ncccc1Cl. The third kappa shape index (κ3) is 3.72. The highest BCUT2D eigenvalue weighted by atomic mass is 35.5. The Balaban J connectivity index is 1.99. The topological polar surface area (TPSA) is 42.0 Å². The Kier molecular flexibility index (Phi) is 4.80. The van der Waals surface area contributed by atoms with Gasteiger partial charge in [0, 0.05) is 30.4 Å². The molecule has 0 fully saturated rings. The van der Waals surface area contributed by atoms with E-state index in [-0.39, 0.29) is 29.2 Å². The molecule has 0 saturated carbocycles. The number of rotatable bonds is 4. The van der Waals surface area contributed by atoms with Gasteiger partial charge in [0.15, 0.2) is 0 Å². The van der Waals surface area contributed by atoms with E-state index in [1.165, 1.54) is 12.3 Å². The van der Waals surface area contributed by atoms with Crippen molar-refractivity contribution in [1.82, 2.24) is 10.3 Å². The summed E-state index contributed by atoms with van der Waals surface area (Å²) in [5.74, 6) is -3.52. The molecule has 0 spiro atoms. The lowest BCUT2D eigenvalue weighted by Crippen LogP contribution is -2.27. The Hall–Kier alpha value is -2.08. The van der Waals surface area contributed by atoms with Crippen LogP contribution in [0.1, 0.15) is 16.1 Å². The molecule has 0 aliphatic rings. The van der Waals surface area contributed by atoms with Crippen molar-refractivity contribution in [2.45, 2.75) is 6.42 Å². The first-order valence-electron chi connectivity index (χ1n) is 6.01. The number of amides is 1. The van der Waals surface area contributed by atoms with Gasteiger partial charge >= 0.3 is 0 Å². The monoisotopic (exact) mass is 314 g/mol. The summed E-state index contributed by atoms with van der Waals surface area (Å²) in [6.45, 7) is -0.0365. The number of hydrogen-bond acceptors (Lipinski definition) is 2. The number of nitrogens with one attached hydrogen (secondary N) is 1. The molecule has 2 rings (SSSR count). The normalized spacial score (nSPS) is 10.5. The molecule has 1 heterocycles. The zero-order valence-corrected chi connectivity index (χ0v) is 11.4. The lowest BCUT2D eigenvalue weighted by molar-refractivity contribution is 0.0949. The van der Waals surface area contributed by atoms with Crippen LogP contribution in [-0.4, -0.2) is 17.4 Å². The van der Waals surface area contributed by atoms with Crippen LogP contribution in [0.2, 0.25) is 5.02 Å². The molecule has 0 aliphatic carbocycles. The predicted molar refractivity (Wildman–Crippen MR) is 71.6 cm³/mol. The van der Waals surface area contributed by atoms with Gasteiger partial charge in [-0.25, -0.2) is 18.2 Å². The van der Waals surface area contributed by atoms with Gasteiger partial charge in [-0.15, -0.1) is 0 Å². The maximum Gasteiger partial charge on any atom is 0.271 e. The van der Waals surface area contributed by atoms with E-state index in [0.29, 0.717) is 12.1 Å². The summed E-state index contributed by atoms with van der Waals surface area (Å²) < 4.78 is 39.5. The fourth-order valence-corrected chi connectivity index (χ4v) is 1.96. The number of nitrogens with zero attached hydrogens (tertiary/aromatic N) is 1. The van der Waals surface area contributed by atoms with Crippen LogP contribution in [0, 0.1) is 17.5 Å². The third-order valence-corrected chi connectivity index (χ3v) is 3.04. The first-order valence-corrected chi connectivity index (χ1v) is 6.39. The van der Waals surface area contributed by atoms with Gasteiger partial charge < -0.3 is 5.32 Å². The predicted octanol–water partition coefficient (Wildman–Crippen LogP) is 3.12. The van der Waals surface area contributed by atoms with Crippen molar-refractivity contribution in [3.05, 3.63) is 64.2 Å². The molecule has 1 N–H and O–H groups in total. The molecule has 0 bridgehead atoms. The Bertz CT molecular complexity index is 656. The Morgan fingerprint density at radius 3 is 2.52 bits per heavy atom. The van der Waals surface area contributed by atoms with Crippen molar-refractivity contribution in [3.8, 4) is 0 Å². The van der Waals surface area contributed by atoms with Gasteiger partial charge in [0.05, 0.1) is 5.02 Å². The highest BCUT2D eigenvalue weighted by Gasteiger charge is 2.14. The minimum atomic E-state index is -0.988. The van der Waals surface area contributed by atoms with Crippen LogP contribution in [0.5, 0.6) is 0 Å². The van der Waals surface area contributed by atoms with Gasteiger partial charge in [-0.3, -0.25) is 4.79 Å². The second-order valence-electron chi connectivity index (χ2n) is 4.19. The van der Waals surface area contributed by atoms with Crippen molar-refractivity contribution in [1.29, 1.82) is 0 Å². The molecule has 0 unspecified atom stereocenters. The van der Waals surface area contributed by atoms with Gasteiger partial charge in [0.2, 0.25) is 0 Å². The second kappa shape index (κ2) is 6.58. The highest BCUT2D eigenvalue weighted by molar-refractivity contribution is 6.33. The highest BCUT2D eigenvalue weighted by Crippen LogP contribution is 2.15. The van der Waals surface area contributed by atoms with Gasteiger partial charge in [0.25, 0.3) is 5.91 Å². The first-order chi connectivity index (χ1) is 9.99. The molecule has 1 aromatic heterocycles. The van der Waals surface area contributed by atoms with Crippen LogP contribution in [0.25, 0.3) is 0 Å². The van der Waals surface area contributed by atoms with E-state index in [1.54, 1.807) is 6.07 Å². The van der Waals surface area contributed by atoms with Crippen molar-refractivity contribution in [2.75, 3.05) is 6.54 Å². The van der Waals surface area contributed by atoms with E-state index >= 15 is 0 Å². The van der Waals surface area contributed by atoms with Crippen molar-refractivity contribution < 1.29 is 18.0 Å². The number of pyridine rings is 1. The van der Waals surface area contributed by atoms with E-state index in [9.17, 15) is 18.0 Å². The zero-order chi connectivity index (χ0) is 15.4. The summed E-state index contributed by atoms with van der Waals surface area (Å²) in [4.78, 5) is 15.6. The summed E-state index contributed by atoms with van der Waals surface area (Å²) in [6.07, 6.45) is 1.29. The number of aromatic nitrogens is 1. The molecule has 7 heteroatoms. The summed E-state index contributed by atoms with van der Waals surface area (Å²) in [7, 11) is 0. The van der Waals surface area contributed by atoms with Crippen molar-refractivity contribution in [2.24, 2.45) is 0 Å². The Morgan fingerprint density at radius 2 is 1.90 bits per heavy atom. The Labute approximate surface area is 123 Å². The number of benzene rings is 1. The van der Waals surface area contributed by atoms with Crippen LogP contribution in [0.15, 0.2) is 30.5 Å². The molecule has 110 valence electrons. The second-order valence-corrected chi connectivity index (χ2v) is 4.59. The van der Waals surface area contributed by atoms with Crippen molar-refractivity contribution >= 4 is 17.5 Å². The van der Waals surface area contributed by atoms with Gasteiger partial charge in [-0.2, -0.15) is 0 Å². The number of hydrogen-bond donors (Lipinski definition) is 1. The van der Waals surface area contributed by atoms with E-state index in [4.69, 9.17) is 11.6 Å². The summed E-state index contributed by atoms with van der Waals surface area (Å²) in [6, 6.07) is 4.26. The van der Waals surface area contributed by atoms with Crippen LogP contribution < -0.4 is 5.32 Å². The average Bonchev–Trinajstić information content (AvgIpc) is 2.42. The van der Waals surface area contributed by atoms with Gasteiger partial charge in [-0.1, -0.05) is 11.6 Å². The van der Waals surface area contributed by atoms with E-state index in [0.717, 1.165) is 0 Å². The molecule has 2 aromatic rings. The Morgan fingerprint density at radius 1 is 1.24 bits per heavy atom. The molecule has 0 aliphatic heterocycles. The lowest BCUT2D eigenvalue weighted by Gasteiger charge is -2.07. The molecular weight excluding hydrogens is 305 g/mol. The number of carbonyl (C=O) groups is 1. The van der Waals surface area contributed by atoms with Crippen LogP contribution in [0.4, 0.5) is 13.2 Å². The molecule has 1 amide bonds. The molecule has 1 aromatic carbocycles. The lowest BCUT2D eigenvalue weighted by atomic mass is 10.1. The van der Waals surface area contributed by atoms with Crippen molar-refractivity contribution in [3.63, 3.8) is 0 Å². The van der Waals surface area contributed by atoms with Gasteiger partial charge in [-0.05, 0) is 18.6 Å². The first kappa shape index (κ1) is 15.3. The molecular formula is C14H10ClF3N2O.